The number of nitrogens with one attached hydrogen (secondary N) is 1. The lowest BCUT2D eigenvalue weighted by atomic mass is 10.1. The molecular weight excluding hydrogens is 462 g/mol. The highest BCUT2D eigenvalue weighted by atomic mass is 32.1. The molecule has 1 fully saturated rings. The summed E-state index contributed by atoms with van der Waals surface area (Å²) in [4.78, 5) is 31.2. The number of carbonyl (C=O) groups excluding carboxylic acids is 2. The van der Waals surface area contributed by atoms with Gasteiger partial charge in [0, 0.05) is 31.1 Å². The van der Waals surface area contributed by atoms with Crippen LogP contribution in [0.5, 0.6) is 5.75 Å². The van der Waals surface area contributed by atoms with Crippen molar-refractivity contribution in [2.45, 2.75) is 19.9 Å². The van der Waals surface area contributed by atoms with Crippen molar-refractivity contribution in [3.8, 4) is 16.2 Å². The first-order chi connectivity index (χ1) is 17.0. The highest BCUT2D eigenvalue weighted by molar-refractivity contribution is 7.20. The topological polar surface area (TPSA) is 71.1 Å². The first-order valence-corrected chi connectivity index (χ1v) is 12.6. The third-order valence-corrected chi connectivity index (χ3v) is 7.29. The van der Waals surface area contributed by atoms with Crippen LogP contribution in [-0.2, 0) is 9.53 Å². The van der Waals surface area contributed by atoms with Gasteiger partial charge in [-0.1, -0.05) is 42.5 Å². The molecule has 4 rings (SSSR count). The molecule has 35 heavy (non-hydrogen) atoms. The number of esters is 1. The van der Waals surface area contributed by atoms with Crippen molar-refractivity contribution in [3.63, 3.8) is 0 Å². The van der Waals surface area contributed by atoms with Gasteiger partial charge in [-0.15, -0.1) is 11.3 Å². The van der Waals surface area contributed by atoms with Crippen molar-refractivity contribution >= 4 is 33.9 Å². The molecule has 0 spiro atoms. The molecule has 0 radical (unpaired) electrons. The van der Waals surface area contributed by atoms with Gasteiger partial charge in [-0.2, -0.15) is 0 Å². The van der Waals surface area contributed by atoms with Gasteiger partial charge in [0.25, 0.3) is 0 Å². The normalized spacial score (nSPS) is 14.9. The third kappa shape index (κ3) is 5.66. The number of benzene rings is 2. The molecular formula is C27H31N3O4S. The highest BCUT2D eigenvalue weighted by Crippen LogP contribution is 2.36. The molecule has 2 heterocycles. The Balaban J connectivity index is 1.44. The lowest BCUT2D eigenvalue weighted by Gasteiger charge is -2.38. The standard InChI is InChI=1S/C27H31N3O4S/c1-4-34-27(32)21-18-24(20-10-6-5-7-11-20)35-26(21)28-25(31)19(2)29-14-16-30(17-15-29)22-12-8-9-13-23(22)33-3/h5-13,18-19H,4,14-17H2,1-3H3,(H,28,31)/t19-/m0/s1. The summed E-state index contributed by atoms with van der Waals surface area (Å²) in [6.07, 6.45) is 0. The van der Waals surface area contributed by atoms with E-state index in [1.54, 1.807) is 20.1 Å². The average Bonchev–Trinajstić information content (AvgIpc) is 3.33. The van der Waals surface area contributed by atoms with Crippen molar-refractivity contribution in [2.75, 3.05) is 50.1 Å². The second-order valence-corrected chi connectivity index (χ2v) is 9.35. The van der Waals surface area contributed by atoms with E-state index in [0.717, 1.165) is 48.1 Å². The van der Waals surface area contributed by atoms with E-state index >= 15 is 0 Å². The highest BCUT2D eigenvalue weighted by Gasteiger charge is 2.28. The maximum atomic E-state index is 13.2. The smallest absolute Gasteiger partial charge is 0.341 e. The second kappa shape index (κ2) is 11.4. The predicted octanol–water partition coefficient (Wildman–Crippen LogP) is 4.75. The first kappa shape index (κ1) is 24.8. The van der Waals surface area contributed by atoms with E-state index in [0.29, 0.717) is 10.6 Å². The molecule has 7 nitrogen and oxygen atoms in total. The summed E-state index contributed by atoms with van der Waals surface area (Å²) < 4.78 is 10.7. The zero-order valence-electron chi connectivity index (χ0n) is 20.3. The first-order valence-electron chi connectivity index (χ1n) is 11.8. The largest absolute Gasteiger partial charge is 0.495 e. The maximum Gasteiger partial charge on any atom is 0.341 e. The number of thiophene rings is 1. The lowest BCUT2D eigenvalue weighted by molar-refractivity contribution is -0.120. The number of hydrogen-bond acceptors (Lipinski definition) is 7. The van der Waals surface area contributed by atoms with E-state index in [1.165, 1.54) is 11.3 Å². The zero-order valence-corrected chi connectivity index (χ0v) is 21.1. The van der Waals surface area contributed by atoms with E-state index in [4.69, 9.17) is 9.47 Å². The predicted molar refractivity (Wildman–Crippen MR) is 141 cm³/mol. The minimum Gasteiger partial charge on any atom is -0.495 e. The van der Waals surface area contributed by atoms with Crippen molar-refractivity contribution in [1.82, 2.24) is 4.90 Å². The van der Waals surface area contributed by atoms with Gasteiger partial charge >= 0.3 is 5.97 Å². The quantitative estimate of drug-likeness (QED) is 0.457. The van der Waals surface area contributed by atoms with Crippen LogP contribution in [0.15, 0.2) is 60.7 Å². The zero-order chi connectivity index (χ0) is 24.8. The van der Waals surface area contributed by atoms with E-state index in [9.17, 15) is 9.59 Å². The van der Waals surface area contributed by atoms with Gasteiger partial charge in [-0.25, -0.2) is 4.79 Å². The molecule has 0 unspecified atom stereocenters. The second-order valence-electron chi connectivity index (χ2n) is 8.30. The fraction of sp³-hybridized carbons (Fsp3) is 0.333. The van der Waals surface area contributed by atoms with Crippen molar-refractivity contribution in [2.24, 2.45) is 0 Å². The Morgan fingerprint density at radius 2 is 1.71 bits per heavy atom. The molecule has 1 saturated heterocycles. The number of rotatable bonds is 8. The molecule has 0 bridgehead atoms. The number of piperazine rings is 1. The van der Waals surface area contributed by atoms with Crippen LogP contribution in [-0.4, -0.2) is 62.7 Å². The van der Waals surface area contributed by atoms with E-state index in [2.05, 4.69) is 21.2 Å². The summed E-state index contributed by atoms with van der Waals surface area (Å²) in [6, 6.07) is 19.3. The molecule has 8 heteroatoms. The van der Waals surface area contributed by atoms with Crippen LogP contribution in [0.1, 0.15) is 24.2 Å². The van der Waals surface area contributed by atoms with Crippen molar-refractivity contribution < 1.29 is 19.1 Å². The number of hydrogen-bond donors (Lipinski definition) is 1. The Morgan fingerprint density at radius 3 is 2.40 bits per heavy atom. The van der Waals surface area contributed by atoms with E-state index in [1.807, 2.05) is 55.5 Å². The van der Waals surface area contributed by atoms with Gasteiger partial charge in [-0.05, 0) is 37.6 Å². The number of para-hydroxylation sites is 2. The summed E-state index contributed by atoms with van der Waals surface area (Å²) in [6.45, 7) is 7.04. The van der Waals surface area contributed by atoms with Crippen LogP contribution >= 0.6 is 11.3 Å². The molecule has 1 atom stereocenters. The fourth-order valence-corrected chi connectivity index (χ4v) is 5.27. The number of ether oxygens (including phenoxy) is 2. The van der Waals surface area contributed by atoms with E-state index in [-0.39, 0.29) is 18.6 Å². The summed E-state index contributed by atoms with van der Waals surface area (Å²) in [7, 11) is 1.68. The number of amides is 1. The third-order valence-electron chi connectivity index (χ3n) is 6.19. The molecule has 1 N–H and O–H groups in total. The Kier molecular flexibility index (Phi) is 8.05. The van der Waals surface area contributed by atoms with Crippen LogP contribution in [0, 0.1) is 0 Å². The number of methoxy groups -OCH3 is 1. The Bertz CT molecular complexity index is 1160. The summed E-state index contributed by atoms with van der Waals surface area (Å²) in [5, 5.41) is 3.52. The van der Waals surface area contributed by atoms with Gasteiger partial charge in [-0.3, -0.25) is 9.69 Å². The molecule has 0 aliphatic carbocycles. The van der Waals surface area contributed by atoms with Crippen LogP contribution in [0.2, 0.25) is 0 Å². The van der Waals surface area contributed by atoms with Gasteiger partial charge in [0.1, 0.15) is 10.8 Å². The Morgan fingerprint density at radius 1 is 1.03 bits per heavy atom. The van der Waals surface area contributed by atoms with Crippen molar-refractivity contribution in [1.29, 1.82) is 0 Å². The number of carbonyl (C=O) groups is 2. The van der Waals surface area contributed by atoms with Crippen LogP contribution < -0.4 is 15.0 Å². The molecule has 184 valence electrons. The number of nitrogens with zero attached hydrogens (tertiary/aromatic N) is 2. The molecule has 1 aromatic heterocycles. The van der Waals surface area contributed by atoms with Crippen LogP contribution in [0.25, 0.3) is 10.4 Å². The Hall–Kier alpha value is -3.36. The lowest BCUT2D eigenvalue weighted by Crippen LogP contribution is -2.52. The summed E-state index contributed by atoms with van der Waals surface area (Å²) in [5.74, 6) is 0.284. The van der Waals surface area contributed by atoms with Gasteiger partial charge in [0.05, 0.1) is 31.0 Å². The van der Waals surface area contributed by atoms with Gasteiger partial charge < -0.3 is 19.7 Å². The minimum atomic E-state index is -0.431. The van der Waals surface area contributed by atoms with Crippen molar-refractivity contribution in [3.05, 3.63) is 66.2 Å². The molecule has 0 saturated carbocycles. The molecule has 1 aliphatic heterocycles. The van der Waals surface area contributed by atoms with Crippen LogP contribution in [0.3, 0.4) is 0 Å². The number of anilines is 2. The summed E-state index contributed by atoms with van der Waals surface area (Å²) >= 11 is 1.39. The molecule has 1 aliphatic rings. The van der Waals surface area contributed by atoms with E-state index < -0.39 is 5.97 Å². The summed E-state index contributed by atoms with van der Waals surface area (Å²) in [5.41, 5.74) is 2.44. The maximum absolute atomic E-state index is 13.2. The minimum absolute atomic E-state index is 0.136. The Labute approximate surface area is 210 Å². The van der Waals surface area contributed by atoms with Gasteiger partial charge in [0.2, 0.25) is 5.91 Å². The molecule has 3 aromatic rings. The fourth-order valence-electron chi connectivity index (χ4n) is 4.21. The SMILES string of the molecule is CCOC(=O)c1cc(-c2ccccc2)sc1NC(=O)[C@H](C)N1CCN(c2ccccc2OC)CC1. The average molecular weight is 494 g/mol. The van der Waals surface area contributed by atoms with Crippen LogP contribution in [0.4, 0.5) is 10.7 Å². The monoisotopic (exact) mass is 493 g/mol. The molecule has 1 amide bonds. The van der Waals surface area contributed by atoms with Gasteiger partial charge in [0.15, 0.2) is 0 Å². The molecule has 2 aromatic carbocycles.